The Hall–Kier alpha value is -0.860. The molecule has 0 radical (unpaired) electrons. The van der Waals surface area contributed by atoms with E-state index >= 15 is 0 Å². The minimum absolute atomic E-state index is 0.129. The molecule has 2 rings (SSSR count). The molecule has 2 fully saturated rings. The molecule has 1 aliphatic heterocycles. The molecule has 1 atom stereocenters. The molecule has 0 aromatic heterocycles. The molecule has 0 N–H and O–H groups in total. The smallest absolute Gasteiger partial charge is 0.317 e. The molecule has 0 aromatic rings. The van der Waals surface area contributed by atoms with Gasteiger partial charge in [0.1, 0.15) is 0 Å². The summed E-state index contributed by atoms with van der Waals surface area (Å²) in [5.74, 6) is -0.107. The average molecular weight is 182 g/mol. The second-order valence-corrected chi connectivity index (χ2v) is 4.08. The van der Waals surface area contributed by atoms with Crippen LogP contribution in [0, 0.1) is 11.8 Å². The molecular formula is C10H14O3. The van der Waals surface area contributed by atoms with Crippen molar-refractivity contribution < 1.29 is 14.3 Å². The second-order valence-electron chi connectivity index (χ2n) is 4.08. The fraction of sp³-hybridized carbons (Fsp3) is 0.800. The molecular weight excluding hydrogens is 168 g/mol. The molecule has 3 nitrogen and oxygen atoms in total. The molecule has 1 saturated carbocycles. The van der Waals surface area contributed by atoms with Crippen molar-refractivity contribution in [3.63, 3.8) is 0 Å². The van der Waals surface area contributed by atoms with E-state index in [4.69, 9.17) is 0 Å². The van der Waals surface area contributed by atoms with Crippen molar-refractivity contribution in [3.8, 4) is 0 Å². The van der Waals surface area contributed by atoms with E-state index in [0.717, 1.165) is 6.42 Å². The topological polar surface area (TPSA) is 43.4 Å². The van der Waals surface area contributed by atoms with Gasteiger partial charge in [-0.15, -0.1) is 0 Å². The highest BCUT2D eigenvalue weighted by molar-refractivity contribution is 5.94. The fourth-order valence-corrected chi connectivity index (χ4v) is 2.35. The highest BCUT2D eigenvalue weighted by Crippen LogP contribution is 2.33. The molecule has 0 aromatic carbocycles. The van der Waals surface area contributed by atoms with Gasteiger partial charge in [-0.2, -0.15) is 0 Å². The third-order valence-corrected chi connectivity index (χ3v) is 3.05. The Morgan fingerprint density at radius 3 is 2.46 bits per heavy atom. The maximum Gasteiger partial charge on any atom is 0.317 e. The third-order valence-electron chi connectivity index (χ3n) is 3.05. The summed E-state index contributed by atoms with van der Waals surface area (Å²) in [5.41, 5.74) is 0. The first-order chi connectivity index (χ1) is 6.25. The average Bonchev–Trinajstić information content (AvgIpc) is 2.63. The zero-order valence-electron chi connectivity index (χ0n) is 7.62. The van der Waals surface area contributed by atoms with Crippen molar-refractivity contribution in [1.82, 2.24) is 0 Å². The van der Waals surface area contributed by atoms with Crippen molar-refractivity contribution in [2.75, 3.05) is 0 Å². The molecule has 0 bridgehead atoms. The van der Waals surface area contributed by atoms with Crippen LogP contribution in [0.25, 0.3) is 0 Å². The number of esters is 2. The van der Waals surface area contributed by atoms with Gasteiger partial charge in [-0.3, -0.25) is 9.59 Å². The fourth-order valence-electron chi connectivity index (χ4n) is 2.35. The summed E-state index contributed by atoms with van der Waals surface area (Å²) >= 11 is 0. The zero-order valence-corrected chi connectivity index (χ0v) is 7.62. The minimum atomic E-state index is -0.340. The predicted molar refractivity (Wildman–Crippen MR) is 45.8 cm³/mol. The van der Waals surface area contributed by atoms with E-state index in [1.54, 1.807) is 0 Å². The summed E-state index contributed by atoms with van der Waals surface area (Å²) in [6.07, 6.45) is 6.18. The van der Waals surface area contributed by atoms with E-state index in [9.17, 15) is 9.59 Å². The lowest BCUT2D eigenvalue weighted by Crippen LogP contribution is -2.11. The molecule has 3 heteroatoms. The Labute approximate surface area is 77.4 Å². The van der Waals surface area contributed by atoms with Crippen molar-refractivity contribution >= 4 is 11.9 Å². The lowest BCUT2D eigenvalue weighted by Gasteiger charge is -2.10. The van der Waals surface area contributed by atoms with Crippen molar-refractivity contribution in [2.24, 2.45) is 11.8 Å². The van der Waals surface area contributed by atoms with Gasteiger partial charge in [-0.25, -0.2) is 0 Å². The summed E-state index contributed by atoms with van der Waals surface area (Å²) in [4.78, 5) is 21.9. The van der Waals surface area contributed by atoms with Gasteiger partial charge >= 0.3 is 11.9 Å². The normalized spacial score (nSPS) is 29.7. The first kappa shape index (κ1) is 8.73. The van der Waals surface area contributed by atoms with E-state index < -0.39 is 0 Å². The number of carbonyl (C=O) groups is 2. The number of ether oxygens (including phenoxy) is 1. The Morgan fingerprint density at radius 2 is 1.92 bits per heavy atom. The van der Waals surface area contributed by atoms with Crippen LogP contribution >= 0.6 is 0 Å². The van der Waals surface area contributed by atoms with E-state index in [-0.39, 0.29) is 17.9 Å². The highest BCUT2D eigenvalue weighted by Gasteiger charge is 2.35. The lowest BCUT2D eigenvalue weighted by atomic mass is 9.92. The lowest BCUT2D eigenvalue weighted by molar-refractivity contribution is -0.153. The summed E-state index contributed by atoms with van der Waals surface area (Å²) in [6, 6.07) is 0. The van der Waals surface area contributed by atoms with E-state index in [0.29, 0.717) is 12.3 Å². The zero-order chi connectivity index (χ0) is 9.26. The minimum Gasteiger partial charge on any atom is -0.393 e. The quantitative estimate of drug-likeness (QED) is 0.482. The number of cyclic esters (lactones) is 2. The maximum atomic E-state index is 11.1. The molecule has 2 aliphatic rings. The van der Waals surface area contributed by atoms with Crippen LogP contribution in [0.1, 0.15) is 38.5 Å². The second kappa shape index (κ2) is 3.48. The molecule has 1 aliphatic carbocycles. The van der Waals surface area contributed by atoms with Crippen LogP contribution in [0.15, 0.2) is 0 Å². The molecule has 1 unspecified atom stereocenters. The maximum absolute atomic E-state index is 11.1. The van der Waals surface area contributed by atoms with Crippen molar-refractivity contribution in [3.05, 3.63) is 0 Å². The van der Waals surface area contributed by atoms with Crippen LogP contribution in [0.2, 0.25) is 0 Å². The third kappa shape index (κ3) is 1.90. The monoisotopic (exact) mass is 182 g/mol. The summed E-state index contributed by atoms with van der Waals surface area (Å²) in [5, 5.41) is 0. The van der Waals surface area contributed by atoms with E-state index in [2.05, 4.69) is 4.74 Å². The summed E-state index contributed by atoms with van der Waals surface area (Å²) < 4.78 is 4.51. The number of hydrogen-bond acceptors (Lipinski definition) is 3. The van der Waals surface area contributed by atoms with Gasteiger partial charge in [-0.05, 0) is 12.3 Å². The Morgan fingerprint density at radius 1 is 1.23 bits per heavy atom. The molecule has 1 heterocycles. The van der Waals surface area contributed by atoms with Crippen LogP contribution in [0.4, 0.5) is 0 Å². The van der Waals surface area contributed by atoms with Crippen LogP contribution in [-0.4, -0.2) is 11.9 Å². The van der Waals surface area contributed by atoms with Gasteiger partial charge in [0.05, 0.1) is 12.3 Å². The Bertz CT molecular complexity index is 228. The van der Waals surface area contributed by atoms with Gasteiger partial charge < -0.3 is 4.74 Å². The van der Waals surface area contributed by atoms with Gasteiger partial charge in [0.2, 0.25) is 0 Å². The number of rotatable bonds is 2. The number of hydrogen-bond donors (Lipinski definition) is 0. The van der Waals surface area contributed by atoms with Crippen LogP contribution in [-0.2, 0) is 14.3 Å². The van der Waals surface area contributed by atoms with Gasteiger partial charge in [-0.1, -0.05) is 25.7 Å². The Balaban J connectivity index is 1.87. The number of carbonyl (C=O) groups excluding carboxylic acids is 2. The molecule has 72 valence electrons. The predicted octanol–water partition coefficient (Wildman–Crippen LogP) is 1.66. The Kier molecular flexibility index (Phi) is 2.34. The van der Waals surface area contributed by atoms with Crippen LogP contribution in [0.3, 0.4) is 0 Å². The SMILES string of the molecule is O=C1CC(CC2CCCC2)C(=O)O1. The van der Waals surface area contributed by atoms with Crippen LogP contribution < -0.4 is 0 Å². The largest absolute Gasteiger partial charge is 0.393 e. The van der Waals surface area contributed by atoms with Crippen LogP contribution in [0.5, 0.6) is 0 Å². The summed E-state index contributed by atoms with van der Waals surface area (Å²) in [6.45, 7) is 0. The first-order valence-corrected chi connectivity index (χ1v) is 5.00. The molecule has 13 heavy (non-hydrogen) atoms. The standard InChI is InChI=1S/C10H14O3/c11-9-6-8(10(12)13-9)5-7-3-1-2-4-7/h7-8H,1-6H2. The van der Waals surface area contributed by atoms with Gasteiger partial charge in [0.25, 0.3) is 0 Å². The first-order valence-electron chi connectivity index (χ1n) is 5.00. The molecule has 1 saturated heterocycles. The van der Waals surface area contributed by atoms with Gasteiger partial charge in [0, 0.05) is 0 Å². The van der Waals surface area contributed by atoms with E-state index in [1.165, 1.54) is 25.7 Å². The van der Waals surface area contributed by atoms with Crippen molar-refractivity contribution in [2.45, 2.75) is 38.5 Å². The molecule has 0 amide bonds. The van der Waals surface area contributed by atoms with E-state index in [1.807, 2.05) is 0 Å². The molecule has 0 spiro atoms. The highest BCUT2D eigenvalue weighted by atomic mass is 16.6. The van der Waals surface area contributed by atoms with Crippen molar-refractivity contribution in [1.29, 1.82) is 0 Å². The van der Waals surface area contributed by atoms with Gasteiger partial charge in [0.15, 0.2) is 0 Å². The summed E-state index contributed by atoms with van der Waals surface area (Å²) in [7, 11) is 0.